The van der Waals surface area contributed by atoms with Crippen LogP contribution in [0.15, 0.2) is 54.6 Å². The van der Waals surface area contributed by atoms with Crippen LogP contribution >= 0.6 is 11.6 Å². The fourth-order valence-electron chi connectivity index (χ4n) is 4.71. The molecule has 0 spiro atoms. The number of esters is 1. The summed E-state index contributed by atoms with van der Waals surface area (Å²) in [7, 11) is 0. The molecule has 0 bridgehead atoms. The number of pyridine rings is 1. The Morgan fingerprint density at radius 2 is 1.94 bits per heavy atom. The largest absolute Gasteiger partial charge is 0.489 e. The average Bonchev–Trinajstić information content (AvgIpc) is 3.77. The van der Waals surface area contributed by atoms with Gasteiger partial charge in [-0.05, 0) is 55.5 Å². The minimum Gasteiger partial charge on any atom is -0.489 e. The normalized spacial score (nSPS) is 24.9. The van der Waals surface area contributed by atoms with Crippen LogP contribution in [0.25, 0.3) is 11.3 Å². The topological polar surface area (TPSA) is 61.0 Å². The van der Waals surface area contributed by atoms with E-state index in [-0.39, 0.29) is 24.2 Å². The maximum atomic E-state index is 13.9. The number of fused-ring (bicyclic) bond motifs is 1. The quantitative estimate of drug-likeness (QED) is 0.341. The summed E-state index contributed by atoms with van der Waals surface area (Å²) in [5, 5.41) is 0.000982. The summed E-state index contributed by atoms with van der Waals surface area (Å²) in [5.41, 5.74) is 2.11. The number of hydrogen-bond donors (Lipinski definition) is 0. The van der Waals surface area contributed by atoms with E-state index in [1.807, 2.05) is 43.3 Å². The molecule has 2 fully saturated rings. The van der Waals surface area contributed by atoms with E-state index >= 15 is 0 Å². The first-order valence-electron chi connectivity index (χ1n) is 11.4. The van der Waals surface area contributed by atoms with Crippen molar-refractivity contribution in [3.8, 4) is 17.0 Å². The van der Waals surface area contributed by atoms with E-state index in [4.69, 9.17) is 30.8 Å². The number of epoxide rings is 1. The van der Waals surface area contributed by atoms with E-state index in [2.05, 4.69) is 0 Å². The number of ether oxygens (including phenoxy) is 3. The van der Waals surface area contributed by atoms with Gasteiger partial charge in [-0.1, -0.05) is 41.9 Å². The zero-order valence-corrected chi connectivity index (χ0v) is 19.4. The molecule has 3 aromatic rings. The third-order valence-electron chi connectivity index (χ3n) is 7.05. The Kier molecular flexibility index (Phi) is 4.94. The van der Waals surface area contributed by atoms with Crippen molar-refractivity contribution < 1.29 is 23.4 Å². The molecule has 34 heavy (non-hydrogen) atoms. The van der Waals surface area contributed by atoms with Crippen molar-refractivity contribution in [1.29, 1.82) is 0 Å². The molecule has 174 valence electrons. The Morgan fingerprint density at radius 1 is 1.18 bits per heavy atom. The number of carbonyl (C=O) groups excluding carboxylic acids is 1. The van der Waals surface area contributed by atoms with Crippen molar-refractivity contribution in [3.05, 3.63) is 82.3 Å². The van der Waals surface area contributed by atoms with Crippen LogP contribution in [0, 0.1) is 11.7 Å². The molecule has 7 heteroatoms. The number of hydrogen-bond acceptors (Lipinski definition) is 5. The molecule has 1 saturated carbocycles. The molecular weight excluding hydrogens is 457 g/mol. The van der Waals surface area contributed by atoms with Gasteiger partial charge in [-0.25, -0.2) is 9.37 Å². The zero-order chi connectivity index (χ0) is 23.5. The summed E-state index contributed by atoms with van der Waals surface area (Å²) in [6.07, 6.45) is 2.17. The van der Waals surface area contributed by atoms with E-state index in [1.54, 1.807) is 6.07 Å². The SMILES string of the molecule is CC1(C(=O)OCc2ccccc2)COc2c1cc(C1(C3CC3)CO1)nc2-c1ccc(F)c(Cl)c1. The molecular formula is C27H23ClFNO4. The molecule has 2 aliphatic heterocycles. The summed E-state index contributed by atoms with van der Waals surface area (Å²) < 4.78 is 31.6. The lowest BCUT2D eigenvalue weighted by Gasteiger charge is -2.22. The van der Waals surface area contributed by atoms with E-state index in [1.165, 1.54) is 12.1 Å². The molecule has 0 N–H and O–H groups in total. The van der Waals surface area contributed by atoms with Gasteiger partial charge in [-0.2, -0.15) is 0 Å². The number of rotatable bonds is 6. The first kappa shape index (κ1) is 21.6. The third-order valence-corrected chi connectivity index (χ3v) is 7.34. The van der Waals surface area contributed by atoms with Gasteiger partial charge in [0.05, 0.1) is 17.3 Å². The van der Waals surface area contributed by atoms with Crippen LogP contribution in [0.2, 0.25) is 5.02 Å². The van der Waals surface area contributed by atoms with Crippen molar-refractivity contribution in [2.24, 2.45) is 5.92 Å². The number of carbonyl (C=O) groups is 1. The zero-order valence-electron chi connectivity index (χ0n) is 18.6. The smallest absolute Gasteiger partial charge is 0.320 e. The molecule has 1 aliphatic carbocycles. The lowest BCUT2D eigenvalue weighted by molar-refractivity contribution is -0.151. The van der Waals surface area contributed by atoms with Gasteiger partial charge in [0.25, 0.3) is 0 Å². The summed E-state index contributed by atoms with van der Waals surface area (Å²) in [4.78, 5) is 18.3. The Morgan fingerprint density at radius 3 is 2.62 bits per heavy atom. The number of halogens is 2. The van der Waals surface area contributed by atoms with Gasteiger partial charge in [0.1, 0.15) is 41.5 Å². The van der Waals surface area contributed by atoms with E-state index in [0.29, 0.717) is 35.1 Å². The average molecular weight is 480 g/mol. The van der Waals surface area contributed by atoms with Gasteiger partial charge in [0.15, 0.2) is 0 Å². The molecule has 3 aliphatic rings. The minimum atomic E-state index is -1.01. The summed E-state index contributed by atoms with van der Waals surface area (Å²) in [5.74, 6) is 0.0412. The molecule has 1 aromatic heterocycles. The Balaban J connectivity index is 1.42. The van der Waals surface area contributed by atoms with Crippen LogP contribution < -0.4 is 4.74 Å². The predicted molar refractivity (Wildman–Crippen MR) is 124 cm³/mol. The fraction of sp³-hybridized carbons (Fsp3) is 0.333. The van der Waals surface area contributed by atoms with Gasteiger partial charge < -0.3 is 14.2 Å². The highest BCUT2D eigenvalue weighted by molar-refractivity contribution is 6.31. The number of benzene rings is 2. The highest BCUT2D eigenvalue weighted by atomic mass is 35.5. The lowest BCUT2D eigenvalue weighted by atomic mass is 9.82. The molecule has 5 nitrogen and oxygen atoms in total. The van der Waals surface area contributed by atoms with Crippen LogP contribution in [-0.4, -0.2) is 24.2 Å². The van der Waals surface area contributed by atoms with Crippen molar-refractivity contribution in [2.75, 3.05) is 13.2 Å². The molecule has 2 aromatic carbocycles. The second-order valence-corrected chi connectivity index (χ2v) is 9.90. The Labute approximate surface area is 201 Å². The Hall–Kier alpha value is -2.96. The molecule has 2 atom stereocenters. The first-order chi connectivity index (χ1) is 16.4. The van der Waals surface area contributed by atoms with Crippen LogP contribution in [0.1, 0.15) is 36.6 Å². The summed E-state index contributed by atoms with van der Waals surface area (Å²) in [6, 6.07) is 16.0. The van der Waals surface area contributed by atoms with Crippen LogP contribution in [0.4, 0.5) is 4.39 Å². The van der Waals surface area contributed by atoms with Crippen LogP contribution in [0.5, 0.6) is 5.75 Å². The van der Waals surface area contributed by atoms with E-state index in [0.717, 1.165) is 24.1 Å². The second kappa shape index (κ2) is 7.79. The standard InChI is InChI=1S/C27H23ClFNO4/c1-26(25(31)32-13-16-5-3-2-4-6-16)14-33-24-19(26)12-22(27(15-34-27)18-8-9-18)30-23(24)17-7-10-21(29)20(28)11-17/h2-7,10-12,18H,8-9,13-15H2,1H3. The fourth-order valence-corrected chi connectivity index (χ4v) is 4.89. The summed E-state index contributed by atoms with van der Waals surface area (Å²) >= 11 is 6.08. The van der Waals surface area contributed by atoms with Crippen molar-refractivity contribution >= 4 is 17.6 Å². The van der Waals surface area contributed by atoms with Gasteiger partial charge in [0, 0.05) is 11.1 Å². The van der Waals surface area contributed by atoms with Gasteiger partial charge >= 0.3 is 5.97 Å². The van der Waals surface area contributed by atoms with E-state index in [9.17, 15) is 9.18 Å². The maximum absolute atomic E-state index is 13.9. The molecule has 3 heterocycles. The molecule has 1 saturated heterocycles. The highest BCUT2D eigenvalue weighted by Crippen LogP contribution is 2.57. The van der Waals surface area contributed by atoms with Crippen LogP contribution in [-0.2, 0) is 31.9 Å². The molecule has 6 rings (SSSR count). The second-order valence-electron chi connectivity index (χ2n) is 9.50. The monoisotopic (exact) mass is 479 g/mol. The van der Waals surface area contributed by atoms with Gasteiger partial charge in [0.2, 0.25) is 0 Å². The van der Waals surface area contributed by atoms with Crippen molar-refractivity contribution in [1.82, 2.24) is 4.98 Å². The number of nitrogens with zero attached hydrogens (tertiary/aromatic N) is 1. The van der Waals surface area contributed by atoms with Gasteiger partial charge in [-0.3, -0.25) is 4.79 Å². The molecule has 2 unspecified atom stereocenters. The molecule has 0 amide bonds. The van der Waals surface area contributed by atoms with Crippen LogP contribution in [0.3, 0.4) is 0 Å². The molecule has 0 radical (unpaired) electrons. The predicted octanol–water partition coefficient (Wildman–Crippen LogP) is 5.57. The minimum absolute atomic E-state index is 0.000982. The highest BCUT2D eigenvalue weighted by Gasteiger charge is 2.59. The first-order valence-corrected chi connectivity index (χ1v) is 11.8. The van der Waals surface area contributed by atoms with Crippen molar-refractivity contribution in [3.63, 3.8) is 0 Å². The third kappa shape index (κ3) is 3.48. The Bertz CT molecular complexity index is 1290. The maximum Gasteiger partial charge on any atom is 0.320 e. The summed E-state index contributed by atoms with van der Waals surface area (Å²) in [6.45, 7) is 2.73. The van der Waals surface area contributed by atoms with Crippen molar-refractivity contribution in [2.45, 2.75) is 37.4 Å². The van der Waals surface area contributed by atoms with Gasteiger partial charge in [-0.15, -0.1) is 0 Å². The lowest BCUT2D eigenvalue weighted by Crippen LogP contribution is -2.36. The van der Waals surface area contributed by atoms with E-state index < -0.39 is 16.8 Å². The number of aromatic nitrogens is 1.